The van der Waals surface area contributed by atoms with Crippen molar-refractivity contribution in [2.45, 2.75) is 32.6 Å². The molecule has 0 amide bonds. The zero-order chi connectivity index (χ0) is 40.3. The third kappa shape index (κ3) is 8.59. The van der Waals surface area contributed by atoms with Gasteiger partial charge >= 0.3 is 5.97 Å². The van der Waals surface area contributed by atoms with Gasteiger partial charge in [-0.25, -0.2) is 19.2 Å². The van der Waals surface area contributed by atoms with Crippen LogP contribution >= 0.6 is 22.9 Å². The van der Waals surface area contributed by atoms with Crippen LogP contribution in [-0.2, 0) is 24.3 Å². The summed E-state index contributed by atoms with van der Waals surface area (Å²) < 4.78 is 70.8. The van der Waals surface area contributed by atoms with Gasteiger partial charge in [0, 0.05) is 59.7 Å². The van der Waals surface area contributed by atoms with Gasteiger partial charge in [-0.05, 0) is 54.9 Å². The Bertz CT molecular complexity index is 2370. The summed E-state index contributed by atoms with van der Waals surface area (Å²) in [5.41, 5.74) is 2.00. The van der Waals surface area contributed by atoms with Crippen LogP contribution < -0.4 is 14.2 Å². The van der Waals surface area contributed by atoms with Crippen LogP contribution in [0.1, 0.15) is 19.6 Å². The van der Waals surface area contributed by atoms with Gasteiger partial charge < -0.3 is 28.6 Å². The molecule has 0 saturated carbocycles. The first-order chi connectivity index (χ1) is 27.5. The van der Waals surface area contributed by atoms with E-state index in [0.29, 0.717) is 49.5 Å². The lowest BCUT2D eigenvalue weighted by Crippen LogP contribution is -2.45. The summed E-state index contributed by atoms with van der Waals surface area (Å²) in [6, 6.07) is 13.1. The zero-order valence-electron chi connectivity index (χ0n) is 32.0. The number of carboxylic acid groups (broad SMARTS) is 1. The molecule has 0 aliphatic carbocycles. The number of aryl methyl sites for hydroxylation is 1. The Labute approximate surface area is 327 Å². The summed E-state index contributed by atoms with van der Waals surface area (Å²) in [5, 5.41) is 15.2. The van der Waals surface area contributed by atoms with E-state index >= 15 is 0 Å². The van der Waals surface area contributed by atoms with Crippen LogP contribution in [0.25, 0.3) is 32.0 Å². The van der Waals surface area contributed by atoms with Crippen LogP contribution in [0.4, 0.5) is 8.78 Å². The minimum atomic E-state index is -2.70. The molecule has 0 unspecified atom stereocenters. The number of thiophene rings is 1. The molecule has 1 aliphatic rings. The average Bonchev–Trinajstić information content (AvgIpc) is 3.94. The van der Waals surface area contributed by atoms with Gasteiger partial charge in [0.2, 0.25) is 12.0 Å². The van der Waals surface area contributed by atoms with Crippen LogP contribution in [0.15, 0.2) is 71.5 Å². The molecule has 7 rings (SSSR count). The SMILES string of the molecule is [2H]C([2H])(c1ccccc1OCc1ccnn1CCF)[C@H](Oc1ncnc2sc(-c3ccc(F)o3)c(-c3ccc(OCCN4CCN(C)CC4)c(Cl)c3C)c12)C(=O)O. The summed E-state index contributed by atoms with van der Waals surface area (Å²) in [6.45, 7) is 6.08. The van der Waals surface area contributed by atoms with Crippen LogP contribution in [0, 0.1) is 12.9 Å². The Kier molecular flexibility index (Phi) is 11.1. The second-order valence-corrected chi connectivity index (χ2v) is 14.2. The van der Waals surface area contributed by atoms with Crippen LogP contribution in [0.5, 0.6) is 17.4 Å². The van der Waals surface area contributed by atoms with Crippen LogP contribution in [-0.4, -0.2) is 99.8 Å². The molecule has 55 heavy (non-hydrogen) atoms. The van der Waals surface area contributed by atoms with Crippen molar-refractivity contribution in [1.82, 2.24) is 29.5 Å². The number of carboxylic acids is 1. The van der Waals surface area contributed by atoms with E-state index in [1.807, 2.05) is 0 Å². The minimum absolute atomic E-state index is 0.0124. The number of piperazine rings is 1. The summed E-state index contributed by atoms with van der Waals surface area (Å²) >= 11 is 8.08. The second kappa shape index (κ2) is 17.1. The van der Waals surface area contributed by atoms with Gasteiger partial charge in [0.1, 0.15) is 48.3 Å². The predicted octanol–water partition coefficient (Wildman–Crippen LogP) is 7.17. The zero-order valence-corrected chi connectivity index (χ0v) is 31.6. The lowest BCUT2D eigenvalue weighted by atomic mass is 9.97. The highest BCUT2D eigenvalue weighted by Gasteiger charge is 2.29. The van der Waals surface area contributed by atoms with E-state index in [2.05, 4.69) is 31.9 Å². The smallest absolute Gasteiger partial charge is 0.345 e. The highest BCUT2D eigenvalue weighted by Crippen LogP contribution is 2.49. The molecule has 6 aromatic rings. The number of rotatable bonds is 16. The number of hydrogen-bond donors (Lipinski definition) is 1. The molecule has 1 atom stereocenters. The number of alkyl halides is 1. The van der Waals surface area contributed by atoms with E-state index < -0.39 is 31.1 Å². The molecule has 5 heterocycles. The number of ether oxygens (including phenoxy) is 3. The lowest BCUT2D eigenvalue weighted by Gasteiger charge is -2.32. The Morgan fingerprint density at radius 1 is 1.07 bits per heavy atom. The van der Waals surface area contributed by atoms with Crippen molar-refractivity contribution in [3.05, 3.63) is 95.0 Å². The highest BCUT2D eigenvalue weighted by atomic mass is 35.5. The fourth-order valence-electron chi connectivity index (χ4n) is 6.28. The van der Waals surface area contributed by atoms with Gasteiger partial charge in [0.15, 0.2) is 0 Å². The largest absolute Gasteiger partial charge is 0.491 e. The number of likely N-dealkylation sites (N-methyl/N-ethyl adjacent to an activating group) is 1. The molecule has 0 radical (unpaired) electrons. The van der Waals surface area contributed by atoms with Gasteiger partial charge in [0.05, 0.1) is 27.5 Å². The highest BCUT2D eigenvalue weighted by molar-refractivity contribution is 7.22. The lowest BCUT2D eigenvalue weighted by molar-refractivity contribution is -0.145. The Morgan fingerprint density at radius 3 is 2.65 bits per heavy atom. The van der Waals surface area contributed by atoms with Crippen molar-refractivity contribution < 1.29 is 40.1 Å². The molecule has 1 saturated heterocycles. The molecule has 0 spiro atoms. The normalized spacial score (nSPS) is 15.1. The minimum Gasteiger partial charge on any atom is -0.491 e. The molecule has 4 aromatic heterocycles. The van der Waals surface area contributed by atoms with Crippen LogP contribution in [0.3, 0.4) is 0 Å². The first-order valence-electron chi connectivity index (χ1n) is 18.5. The van der Waals surface area contributed by atoms with E-state index in [0.717, 1.165) is 44.1 Å². The van der Waals surface area contributed by atoms with Gasteiger partial charge in [-0.3, -0.25) is 9.58 Å². The Balaban J connectivity index is 1.24. The second-order valence-electron chi connectivity index (χ2n) is 12.8. The summed E-state index contributed by atoms with van der Waals surface area (Å²) in [6.07, 6.45) is -2.19. The van der Waals surface area contributed by atoms with Crippen molar-refractivity contribution in [2.75, 3.05) is 53.1 Å². The first-order valence-corrected chi connectivity index (χ1v) is 18.7. The molecule has 1 N–H and O–H groups in total. The Hall–Kier alpha value is -5.09. The van der Waals surface area contributed by atoms with Gasteiger partial charge in [0.25, 0.3) is 6.01 Å². The average molecular weight is 795 g/mol. The van der Waals surface area contributed by atoms with Crippen molar-refractivity contribution in [3.8, 4) is 39.1 Å². The maximum Gasteiger partial charge on any atom is 0.345 e. The monoisotopic (exact) mass is 794 g/mol. The van der Waals surface area contributed by atoms with Crippen molar-refractivity contribution in [2.24, 2.45) is 0 Å². The number of para-hydroxylation sites is 1. The number of furan rings is 1. The number of carbonyl (C=O) groups is 1. The van der Waals surface area contributed by atoms with Crippen molar-refractivity contribution >= 4 is 39.1 Å². The molecule has 2 aromatic carbocycles. The Morgan fingerprint density at radius 2 is 1.89 bits per heavy atom. The van der Waals surface area contributed by atoms with Crippen LogP contribution in [0.2, 0.25) is 5.02 Å². The quantitative estimate of drug-likeness (QED) is 0.107. The topological polar surface area (TPSA) is 128 Å². The molecule has 1 fully saturated rings. The summed E-state index contributed by atoms with van der Waals surface area (Å²) in [7, 11) is 2.10. The first kappa shape index (κ1) is 35.6. The van der Waals surface area contributed by atoms with Crippen molar-refractivity contribution in [1.29, 1.82) is 0 Å². The molecular formula is C39H39ClF2N6O6S. The molecule has 1 aliphatic heterocycles. The summed E-state index contributed by atoms with van der Waals surface area (Å²) in [4.78, 5) is 27.1. The predicted molar refractivity (Wildman–Crippen MR) is 204 cm³/mol. The fraction of sp³-hybridized carbons (Fsp3) is 0.333. The van der Waals surface area contributed by atoms with E-state index in [4.69, 9.17) is 33.0 Å². The number of benzene rings is 2. The summed E-state index contributed by atoms with van der Waals surface area (Å²) in [5.74, 6) is -1.17. The van der Waals surface area contributed by atoms with Gasteiger partial charge in [-0.2, -0.15) is 9.49 Å². The number of fused-ring (bicyclic) bond motifs is 1. The number of hydrogen-bond acceptors (Lipinski definition) is 11. The van der Waals surface area contributed by atoms with E-state index in [1.165, 1.54) is 41.5 Å². The molecule has 288 valence electrons. The van der Waals surface area contributed by atoms with E-state index in [9.17, 15) is 18.7 Å². The fourth-order valence-corrected chi connectivity index (χ4v) is 7.61. The number of aliphatic carboxylic acids is 1. The van der Waals surface area contributed by atoms with Crippen molar-refractivity contribution in [3.63, 3.8) is 0 Å². The molecule has 0 bridgehead atoms. The third-order valence-corrected chi connectivity index (χ3v) is 10.8. The molecule has 16 heteroatoms. The number of aromatic nitrogens is 4. The van der Waals surface area contributed by atoms with Gasteiger partial charge in [-0.15, -0.1) is 11.3 Å². The van der Waals surface area contributed by atoms with E-state index in [1.54, 1.807) is 37.3 Å². The maximum atomic E-state index is 14.3. The van der Waals surface area contributed by atoms with E-state index in [-0.39, 0.29) is 41.5 Å². The third-order valence-electron chi connectivity index (χ3n) is 9.24. The molecule has 12 nitrogen and oxygen atoms in total. The molecular weight excluding hydrogens is 754 g/mol. The standard InChI is InChI=1S/C39H39ClF2N6O6S/c1-24-27(7-8-29(35(24)40)51-20-19-47-17-15-46(2)16-18-47)33-34-37(43-23-44-38(34)55-36(33)30-9-10-32(42)53-30)54-31(39(49)50)21-25-5-3-4-6-28(25)52-22-26-11-13-45-48(26)14-12-41/h3-11,13,23,31H,12,14-22H2,1-2H3,(H,49,50)/t31-/m0/s1/i21D2. The number of halogens is 3. The maximum absolute atomic E-state index is 14.3. The number of nitrogens with zero attached hydrogens (tertiary/aromatic N) is 6. The van der Waals surface area contributed by atoms with Gasteiger partial charge in [-0.1, -0.05) is 35.9 Å².